The number of hydrogen-bond donors (Lipinski definition) is 1. The summed E-state index contributed by atoms with van der Waals surface area (Å²) in [6, 6.07) is 6.06. The van der Waals surface area contributed by atoms with E-state index >= 15 is 0 Å². The van der Waals surface area contributed by atoms with Crippen LogP contribution in [0.3, 0.4) is 0 Å². The van der Waals surface area contributed by atoms with Crippen LogP contribution < -0.4 is 10.1 Å². The van der Waals surface area contributed by atoms with E-state index in [4.69, 9.17) is 4.74 Å². The number of carbonyl (C=O) groups is 2. The lowest BCUT2D eigenvalue weighted by Crippen LogP contribution is -2.59. The summed E-state index contributed by atoms with van der Waals surface area (Å²) < 4.78 is 5.52. The molecule has 3 fully saturated rings. The zero-order valence-corrected chi connectivity index (χ0v) is 19.3. The van der Waals surface area contributed by atoms with Crippen LogP contribution >= 0.6 is 0 Å². The summed E-state index contributed by atoms with van der Waals surface area (Å²) in [5, 5.41) is 3.10. The number of ether oxygens (including phenoxy) is 1. The molecule has 2 saturated heterocycles. The van der Waals surface area contributed by atoms with Crippen LogP contribution in [0.2, 0.25) is 0 Å². The van der Waals surface area contributed by atoms with Crippen molar-refractivity contribution in [3.8, 4) is 5.75 Å². The van der Waals surface area contributed by atoms with Gasteiger partial charge in [0.15, 0.2) is 0 Å². The molecule has 1 spiro atoms. The maximum absolute atomic E-state index is 13.4. The highest BCUT2D eigenvalue weighted by atomic mass is 16.5. The molecule has 2 heterocycles. The van der Waals surface area contributed by atoms with Gasteiger partial charge in [-0.2, -0.15) is 0 Å². The first-order valence-corrected chi connectivity index (χ1v) is 11.6. The number of urea groups is 1. The van der Waals surface area contributed by atoms with Crippen LogP contribution in [0.25, 0.3) is 0 Å². The van der Waals surface area contributed by atoms with E-state index in [9.17, 15) is 9.59 Å². The lowest BCUT2D eigenvalue weighted by molar-refractivity contribution is -0.138. The Balaban J connectivity index is 1.36. The second kappa shape index (κ2) is 8.79. The number of methoxy groups -OCH3 is 1. The summed E-state index contributed by atoms with van der Waals surface area (Å²) in [6.45, 7) is 11.0. The smallest absolute Gasteiger partial charge is 0.326 e. The van der Waals surface area contributed by atoms with Gasteiger partial charge in [-0.05, 0) is 37.7 Å². The molecule has 4 rings (SSSR count). The molecule has 1 aliphatic carbocycles. The van der Waals surface area contributed by atoms with Crippen molar-refractivity contribution in [2.45, 2.75) is 52.1 Å². The second-order valence-corrected chi connectivity index (χ2v) is 9.62. The topological polar surface area (TPSA) is 65.1 Å². The minimum atomic E-state index is -0.709. The van der Waals surface area contributed by atoms with E-state index in [0.717, 1.165) is 57.7 Å². The Bertz CT molecular complexity index is 824. The molecule has 31 heavy (non-hydrogen) atoms. The van der Waals surface area contributed by atoms with Gasteiger partial charge in [-0.3, -0.25) is 14.6 Å². The number of carbonyl (C=O) groups excluding carboxylic acids is 2. The fourth-order valence-corrected chi connectivity index (χ4v) is 5.64. The molecule has 0 radical (unpaired) electrons. The third kappa shape index (κ3) is 4.05. The molecule has 1 saturated carbocycles. The summed E-state index contributed by atoms with van der Waals surface area (Å²) in [7, 11) is 1.71. The number of nitrogens with one attached hydrogen (secondary N) is 1. The number of imide groups is 1. The first-order chi connectivity index (χ1) is 14.8. The van der Waals surface area contributed by atoms with Crippen LogP contribution in [0.5, 0.6) is 5.75 Å². The maximum Gasteiger partial charge on any atom is 0.326 e. The van der Waals surface area contributed by atoms with Crippen molar-refractivity contribution in [3.63, 3.8) is 0 Å². The number of amides is 3. The Morgan fingerprint density at radius 1 is 1.06 bits per heavy atom. The predicted octanol–water partition coefficient (Wildman–Crippen LogP) is 2.83. The standard InChI is InChI=1S/C24H36N4O3/c1-17-8-9-21(31-4)20(14-17)15-26-10-12-27(13-11-26)16-28-22(29)24(25-23(28)30)18(2)6-5-7-19(24)3/h8-9,14,18-19H,5-7,10-13,15-16H2,1-4H3,(H,25,30)/t18-,19+,24?. The number of benzene rings is 1. The van der Waals surface area contributed by atoms with Gasteiger partial charge in [0.25, 0.3) is 5.91 Å². The van der Waals surface area contributed by atoms with Gasteiger partial charge < -0.3 is 10.1 Å². The summed E-state index contributed by atoms with van der Waals surface area (Å²) in [4.78, 5) is 32.2. The summed E-state index contributed by atoms with van der Waals surface area (Å²) in [5.41, 5.74) is 1.72. The minimum Gasteiger partial charge on any atom is -0.496 e. The number of rotatable bonds is 5. The van der Waals surface area contributed by atoms with Crippen molar-refractivity contribution in [1.82, 2.24) is 20.0 Å². The first kappa shape index (κ1) is 22.1. The van der Waals surface area contributed by atoms with Gasteiger partial charge in [0, 0.05) is 38.3 Å². The highest BCUT2D eigenvalue weighted by Gasteiger charge is 2.58. The minimum absolute atomic E-state index is 0.0240. The molecule has 7 heteroatoms. The van der Waals surface area contributed by atoms with Crippen LogP contribution in [0.1, 0.15) is 44.2 Å². The van der Waals surface area contributed by atoms with Crippen molar-refractivity contribution in [2.24, 2.45) is 11.8 Å². The highest BCUT2D eigenvalue weighted by Crippen LogP contribution is 2.42. The molecule has 1 aromatic rings. The normalized spacial score (nSPS) is 30.1. The van der Waals surface area contributed by atoms with Gasteiger partial charge in [-0.1, -0.05) is 38.0 Å². The van der Waals surface area contributed by atoms with E-state index < -0.39 is 5.54 Å². The Labute approximate surface area is 185 Å². The van der Waals surface area contributed by atoms with Gasteiger partial charge in [0.05, 0.1) is 13.8 Å². The summed E-state index contributed by atoms with van der Waals surface area (Å²) in [5.74, 6) is 1.26. The Morgan fingerprint density at radius 2 is 1.71 bits per heavy atom. The summed E-state index contributed by atoms with van der Waals surface area (Å²) in [6.07, 6.45) is 3.11. The van der Waals surface area contributed by atoms with E-state index in [1.165, 1.54) is 16.0 Å². The van der Waals surface area contributed by atoms with Gasteiger partial charge in [-0.25, -0.2) is 9.69 Å². The first-order valence-electron chi connectivity index (χ1n) is 11.6. The molecule has 1 unspecified atom stereocenters. The molecule has 2 aliphatic heterocycles. The molecule has 1 N–H and O–H groups in total. The highest BCUT2D eigenvalue weighted by molar-refractivity contribution is 6.07. The van der Waals surface area contributed by atoms with Crippen molar-refractivity contribution < 1.29 is 14.3 Å². The molecule has 170 valence electrons. The largest absolute Gasteiger partial charge is 0.496 e. The number of nitrogens with zero attached hydrogens (tertiary/aromatic N) is 3. The monoisotopic (exact) mass is 428 g/mol. The van der Waals surface area contributed by atoms with Crippen molar-refractivity contribution in [3.05, 3.63) is 29.3 Å². The molecule has 7 nitrogen and oxygen atoms in total. The van der Waals surface area contributed by atoms with Crippen molar-refractivity contribution >= 4 is 11.9 Å². The van der Waals surface area contributed by atoms with E-state index in [0.29, 0.717) is 6.67 Å². The fourth-order valence-electron chi connectivity index (χ4n) is 5.64. The van der Waals surface area contributed by atoms with Crippen LogP contribution in [0.15, 0.2) is 18.2 Å². The van der Waals surface area contributed by atoms with Crippen LogP contribution in [-0.2, 0) is 11.3 Å². The molecule has 0 aromatic heterocycles. The van der Waals surface area contributed by atoms with E-state index in [1.54, 1.807) is 7.11 Å². The average molecular weight is 429 g/mol. The summed E-state index contributed by atoms with van der Waals surface area (Å²) >= 11 is 0. The molecule has 3 atom stereocenters. The quantitative estimate of drug-likeness (QED) is 0.731. The predicted molar refractivity (Wildman–Crippen MR) is 120 cm³/mol. The molecule has 1 aromatic carbocycles. The Morgan fingerprint density at radius 3 is 2.35 bits per heavy atom. The van der Waals surface area contributed by atoms with Gasteiger partial charge in [-0.15, -0.1) is 0 Å². The average Bonchev–Trinajstić information content (AvgIpc) is 2.99. The zero-order chi connectivity index (χ0) is 22.2. The zero-order valence-electron chi connectivity index (χ0n) is 19.3. The van der Waals surface area contributed by atoms with Crippen LogP contribution in [0, 0.1) is 18.8 Å². The third-order valence-electron chi connectivity index (χ3n) is 7.62. The lowest BCUT2D eigenvalue weighted by atomic mass is 9.67. The van der Waals surface area contributed by atoms with Crippen molar-refractivity contribution in [1.29, 1.82) is 0 Å². The molecular formula is C24H36N4O3. The van der Waals surface area contributed by atoms with E-state index in [-0.39, 0.29) is 23.8 Å². The van der Waals surface area contributed by atoms with Gasteiger partial charge in [0.2, 0.25) is 0 Å². The Kier molecular flexibility index (Phi) is 6.26. The maximum atomic E-state index is 13.4. The molecule has 3 amide bonds. The van der Waals surface area contributed by atoms with Gasteiger partial charge >= 0.3 is 6.03 Å². The molecule has 3 aliphatic rings. The third-order valence-corrected chi connectivity index (χ3v) is 7.62. The number of piperazine rings is 1. The fraction of sp³-hybridized carbons (Fsp3) is 0.667. The molecular weight excluding hydrogens is 392 g/mol. The Hall–Kier alpha value is -2.12. The van der Waals surface area contributed by atoms with Gasteiger partial charge in [0.1, 0.15) is 11.3 Å². The van der Waals surface area contributed by atoms with Crippen molar-refractivity contribution in [2.75, 3.05) is 40.0 Å². The molecule has 0 bridgehead atoms. The number of hydrogen-bond acceptors (Lipinski definition) is 5. The van der Waals surface area contributed by atoms with E-state index in [1.807, 2.05) is 6.07 Å². The SMILES string of the molecule is COc1ccc(C)cc1CN1CCN(CN2C(=O)NC3(C2=O)[C@H](C)CCC[C@@H]3C)CC1. The lowest BCUT2D eigenvalue weighted by Gasteiger charge is -2.42. The van der Waals surface area contributed by atoms with Crippen LogP contribution in [0.4, 0.5) is 4.79 Å². The van der Waals surface area contributed by atoms with E-state index in [2.05, 4.69) is 48.0 Å². The number of aryl methyl sites for hydroxylation is 1. The second-order valence-electron chi connectivity index (χ2n) is 9.62. The van der Waals surface area contributed by atoms with Crippen LogP contribution in [-0.4, -0.2) is 72.1 Å².